The lowest BCUT2D eigenvalue weighted by Gasteiger charge is -2.34. The zero-order valence-electron chi connectivity index (χ0n) is 10.6. The maximum atomic E-state index is 12.4. The summed E-state index contributed by atoms with van der Waals surface area (Å²) in [7, 11) is 1.88. The molecule has 0 unspecified atom stereocenters. The highest BCUT2D eigenvalue weighted by molar-refractivity contribution is 14.1. The molecule has 2 nitrogen and oxygen atoms in total. The van der Waals surface area contributed by atoms with E-state index in [2.05, 4.69) is 22.6 Å². The molecule has 1 aliphatic rings. The standard InChI is InChI=1S/C14H17ClINO/c1-9-4-3-5-12(13(9)16)14(18)17(2)8-10-6-11(15)7-10/h3-5,10-11H,6-8H2,1-2H3. The minimum Gasteiger partial charge on any atom is -0.341 e. The van der Waals surface area contributed by atoms with Crippen LogP contribution in [0.4, 0.5) is 0 Å². The molecule has 1 amide bonds. The van der Waals surface area contributed by atoms with E-state index in [1.54, 1.807) is 0 Å². The van der Waals surface area contributed by atoms with E-state index in [1.165, 1.54) is 0 Å². The van der Waals surface area contributed by atoms with E-state index in [-0.39, 0.29) is 5.91 Å². The van der Waals surface area contributed by atoms with Crippen molar-refractivity contribution >= 4 is 40.1 Å². The maximum Gasteiger partial charge on any atom is 0.254 e. The normalized spacial score (nSPS) is 22.4. The number of carbonyl (C=O) groups is 1. The molecule has 1 aromatic rings. The molecule has 2 rings (SSSR count). The van der Waals surface area contributed by atoms with Crippen LogP contribution in [-0.4, -0.2) is 29.8 Å². The molecular formula is C14H17ClINO. The van der Waals surface area contributed by atoms with Gasteiger partial charge < -0.3 is 4.90 Å². The average Bonchev–Trinajstić information content (AvgIpc) is 2.30. The summed E-state index contributed by atoms with van der Waals surface area (Å²) in [6.45, 7) is 2.84. The van der Waals surface area contributed by atoms with Crippen LogP contribution in [0.5, 0.6) is 0 Å². The van der Waals surface area contributed by atoms with Crippen molar-refractivity contribution in [3.63, 3.8) is 0 Å². The quantitative estimate of drug-likeness (QED) is 0.581. The lowest BCUT2D eigenvalue weighted by atomic mass is 9.84. The maximum absolute atomic E-state index is 12.4. The SMILES string of the molecule is Cc1cccc(C(=O)N(C)CC2CC(Cl)C2)c1I. The molecule has 1 aliphatic carbocycles. The highest BCUT2D eigenvalue weighted by atomic mass is 127. The molecule has 0 spiro atoms. The molecule has 98 valence electrons. The van der Waals surface area contributed by atoms with Crippen molar-refractivity contribution < 1.29 is 4.79 Å². The van der Waals surface area contributed by atoms with Crippen LogP contribution in [0.2, 0.25) is 0 Å². The highest BCUT2D eigenvalue weighted by Gasteiger charge is 2.29. The van der Waals surface area contributed by atoms with Crippen LogP contribution in [-0.2, 0) is 0 Å². The van der Waals surface area contributed by atoms with Gasteiger partial charge in [-0.2, -0.15) is 0 Å². The molecule has 0 saturated heterocycles. The Hall–Kier alpha value is -0.290. The zero-order chi connectivity index (χ0) is 13.3. The lowest BCUT2D eigenvalue weighted by molar-refractivity contribution is 0.0746. The number of halogens is 2. The largest absolute Gasteiger partial charge is 0.341 e. The van der Waals surface area contributed by atoms with Crippen molar-refractivity contribution in [3.8, 4) is 0 Å². The summed E-state index contributed by atoms with van der Waals surface area (Å²) in [5.41, 5.74) is 1.96. The summed E-state index contributed by atoms with van der Waals surface area (Å²) in [4.78, 5) is 14.2. The van der Waals surface area contributed by atoms with Gasteiger partial charge in [-0.15, -0.1) is 11.6 Å². The van der Waals surface area contributed by atoms with Gasteiger partial charge in [-0.25, -0.2) is 0 Å². The number of hydrogen-bond donors (Lipinski definition) is 0. The van der Waals surface area contributed by atoms with E-state index in [0.29, 0.717) is 11.3 Å². The molecule has 1 fully saturated rings. The number of carbonyl (C=O) groups excluding carboxylic acids is 1. The molecule has 0 bridgehead atoms. The van der Waals surface area contributed by atoms with Crippen molar-refractivity contribution in [3.05, 3.63) is 32.9 Å². The third-order valence-corrected chi connectivity index (χ3v) is 5.27. The van der Waals surface area contributed by atoms with Gasteiger partial charge >= 0.3 is 0 Å². The highest BCUT2D eigenvalue weighted by Crippen LogP contribution is 2.32. The first kappa shape index (κ1) is 14.1. The van der Waals surface area contributed by atoms with Crippen molar-refractivity contribution in [1.82, 2.24) is 4.90 Å². The molecule has 0 radical (unpaired) electrons. The van der Waals surface area contributed by atoms with Gasteiger partial charge in [-0.1, -0.05) is 12.1 Å². The molecule has 1 aromatic carbocycles. The molecule has 0 N–H and O–H groups in total. The van der Waals surface area contributed by atoms with Crippen LogP contribution >= 0.6 is 34.2 Å². The van der Waals surface area contributed by atoms with E-state index < -0.39 is 0 Å². The number of amides is 1. The molecule has 1 saturated carbocycles. The molecule has 0 atom stereocenters. The van der Waals surface area contributed by atoms with Gasteiger partial charge in [0.1, 0.15) is 0 Å². The number of nitrogens with zero attached hydrogens (tertiary/aromatic N) is 1. The van der Waals surface area contributed by atoms with Gasteiger partial charge in [-0.3, -0.25) is 4.79 Å². The molecule has 0 heterocycles. The third-order valence-electron chi connectivity index (χ3n) is 3.48. The Labute approximate surface area is 127 Å². The Morgan fingerprint density at radius 2 is 2.17 bits per heavy atom. The zero-order valence-corrected chi connectivity index (χ0v) is 13.5. The fourth-order valence-electron chi connectivity index (χ4n) is 2.29. The Balaban J connectivity index is 2.04. The van der Waals surface area contributed by atoms with Crippen LogP contribution in [0, 0.1) is 16.4 Å². The summed E-state index contributed by atoms with van der Waals surface area (Å²) in [6.07, 6.45) is 2.06. The average molecular weight is 378 g/mol. The molecule has 18 heavy (non-hydrogen) atoms. The van der Waals surface area contributed by atoms with Crippen molar-refractivity contribution in [2.24, 2.45) is 5.92 Å². The summed E-state index contributed by atoms with van der Waals surface area (Å²) in [5, 5.41) is 0.317. The van der Waals surface area contributed by atoms with Crippen molar-refractivity contribution in [2.45, 2.75) is 25.1 Å². The summed E-state index contributed by atoms with van der Waals surface area (Å²) < 4.78 is 1.05. The van der Waals surface area contributed by atoms with E-state index in [0.717, 1.165) is 34.1 Å². The van der Waals surface area contributed by atoms with E-state index in [1.807, 2.05) is 37.1 Å². The van der Waals surface area contributed by atoms with Gasteiger partial charge in [0.2, 0.25) is 0 Å². The van der Waals surface area contributed by atoms with Crippen LogP contribution < -0.4 is 0 Å². The predicted octanol–water partition coefficient (Wildman–Crippen LogP) is 3.69. The topological polar surface area (TPSA) is 20.3 Å². The van der Waals surface area contributed by atoms with E-state index in [4.69, 9.17) is 11.6 Å². The number of benzene rings is 1. The van der Waals surface area contributed by atoms with E-state index in [9.17, 15) is 4.79 Å². The Morgan fingerprint density at radius 1 is 1.50 bits per heavy atom. The number of rotatable bonds is 3. The summed E-state index contributed by atoms with van der Waals surface area (Å²) >= 11 is 8.21. The molecule has 4 heteroatoms. The minimum absolute atomic E-state index is 0.112. The fourth-order valence-corrected chi connectivity index (χ4v) is 3.39. The third kappa shape index (κ3) is 2.99. The van der Waals surface area contributed by atoms with Crippen molar-refractivity contribution in [1.29, 1.82) is 0 Å². The second-order valence-electron chi connectivity index (χ2n) is 5.06. The fraction of sp³-hybridized carbons (Fsp3) is 0.500. The van der Waals surface area contributed by atoms with E-state index >= 15 is 0 Å². The molecule has 0 aromatic heterocycles. The van der Waals surface area contributed by atoms with Gasteiger partial charge in [-0.05, 0) is 59.9 Å². The smallest absolute Gasteiger partial charge is 0.254 e. The lowest BCUT2D eigenvalue weighted by Crippen LogP contribution is -2.38. The second kappa shape index (κ2) is 5.78. The number of alkyl halides is 1. The van der Waals surface area contributed by atoms with Gasteiger partial charge in [0.15, 0.2) is 0 Å². The van der Waals surface area contributed by atoms with Gasteiger partial charge in [0.25, 0.3) is 5.91 Å². The number of hydrogen-bond acceptors (Lipinski definition) is 1. The Morgan fingerprint density at radius 3 is 2.78 bits per heavy atom. The van der Waals surface area contributed by atoms with Crippen LogP contribution in [0.1, 0.15) is 28.8 Å². The van der Waals surface area contributed by atoms with Crippen LogP contribution in [0.25, 0.3) is 0 Å². The Bertz CT molecular complexity index is 457. The monoisotopic (exact) mass is 377 g/mol. The second-order valence-corrected chi connectivity index (χ2v) is 6.75. The Kier molecular flexibility index (Phi) is 4.54. The summed E-state index contributed by atoms with van der Waals surface area (Å²) in [6, 6.07) is 5.87. The molecule has 0 aliphatic heterocycles. The van der Waals surface area contributed by atoms with Gasteiger partial charge in [0, 0.05) is 22.5 Å². The predicted molar refractivity (Wildman–Crippen MR) is 83.2 cm³/mol. The molecular weight excluding hydrogens is 361 g/mol. The summed E-state index contributed by atoms with van der Waals surface area (Å²) in [5.74, 6) is 0.685. The van der Waals surface area contributed by atoms with Crippen LogP contribution in [0.15, 0.2) is 18.2 Å². The first-order valence-corrected chi connectivity index (χ1v) is 7.65. The van der Waals surface area contributed by atoms with Crippen molar-refractivity contribution in [2.75, 3.05) is 13.6 Å². The minimum atomic E-state index is 0.112. The first-order valence-electron chi connectivity index (χ1n) is 6.13. The van der Waals surface area contributed by atoms with Crippen LogP contribution in [0.3, 0.4) is 0 Å². The van der Waals surface area contributed by atoms with Gasteiger partial charge in [0.05, 0.1) is 5.56 Å². The number of aryl methyl sites for hydroxylation is 1. The first-order chi connectivity index (χ1) is 8.49.